The van der Waals surface area contributed by atoms with Gasteiger partial charge < -0.3 is 14.2 Å². The summed E-state index contributed by atoms with van der Waals surface area (Å²) < 4.78 is 15.3. The largest absolute Gasteiger partial charge is 0.467 e. The van der Waals surface area contributed by atoms with Gasteiger partial charge in [-0.3, -0.25) is 4.90 Å². The van der Waals surface area contributed by atoms with E-state index in [1.54, 1.807) is 7.11 Å². The fraction of sp³-hybridized carbons (Fsp3) is 0.765. The molecule has 0 saturated carbocycles. The average Bonchev–Trinajstić information content (AvgIpc) is 2.68. The summed E-state index contributed by atoms with van der Waals surface area (Å²) in [5, 5.41) is 0. The maximum Gasteiger partial charge on any atom is 0.411 e. The number of methoxy groups -OCH3 is 2. The van der Waals surface area contributed by atoms with Gasteiger partial charge in [0.2, 0.25) is 0 Å². The van der Waals surface area contributed by atoms with Gasteiger partial charge in [-0.05, 0) is 46.5 Å². The minimum absolute atomic E-state index is 0.412. The van der Waals surface area contributed by atoms with Gasteiger partial charge in [-0.15, -0.1) is 0 Å². The molecule has 1 heterocycles. The van der Waals surface area contributed by atoms with Gasteiger partial charge in [0.1, 0.15) is 11.6 Å². The molecule has 0 radical (unpaired) electrons. The monoisotopic (exact) mass is 327 g/mol. The van der Waals surface area contributed by atoms with Crippen LogP contribution in [-0.4, -0.2) is 56.0 Å². The highest BCUT2D eigenvalue weighted by atomic mass is 16.6. The quantitative estimate of drug-likeness (QED) is 0.441. The SMILES string of the molecule is COCCCC1=CC[C@@H](C(=O)OC)N(C(=O)OC(C)(C)C)CC1. The Morgan fingerprint density at radius 2 is 2.00 bits per heavy atom. The van der Waals surface area contributed by atoms with E-state index in [2.05, 4.69) is 0 Å². The van der Waals surface area contributed by atoms with Crippen molar-refractivity contribution < 1.29 is 23.8 Å². The Balaban J connectivity index is 2.81. The van der Waals surface area contributed by atoms with Gasteiger partial charge in [0, 0.05) is 20.3 Å². The first kappa shape index (κ1) is 19.5. The second-order valence-corrected chi connectivity index (χ2v) is 6.66. The summed E-state index contributed by atoms with van der Waals surface area (Å²) in [5.41, 5.74) is 0.640. The second-order valence-electron chi connectivity index (χ2n) is 6.66. The van der Waals surface area contributed by atoms with Crippen LogP contribution in [-0.2, 0) is 19.0 Å². The summed E-state index contributed by atoms with van der Waals surface area (Å²) in [5.74, 6) is -0.412. The molecule has 1 aliphatic rings. The van der Waals surface area contributed by atoms with E-state index in [0.717, 1.165) is 19.3 Å². The molecule has 1 amide bonds. The molecule has 0 saturated heterocycles. The smallest absolute Gasteiger partial charge is 0.411 e. The van der Waals surface area contributed by atoms with E-state index in [1.165, 1.54) is 17.6 Å². The topological polar surface area (TPSA) is 65.1 Å². The highest BCUT2D eigenvalue weighted by Gasteiger charge is 2.34. The lowest BCUT2D eigenvalue weighted by Gasteiger charge is -2.30. The maximum absolute atomic E-state index is 12.4. The molecular weight excluding hydrogens is 298 g/mol. The first-order chi connectivity index (χ1) is 10.8. The number of carbonyl (C=O) groups is 2. The molecule has 1 rings (SSSR count). The number of carbonyl (C=O) groups excluding carboxylic acids is 2. The molecule has 0 bridgehead atoms. The molecule has 0 aromatic rings. The fourth-order valence-corrected chi connectivity index (χ4v) is 2.50. The zero-order chi connectivity index (χ0) is 17.5. The van der Waals surface area contributed by atoms with Crippen LogP contribution in [0.15, 0.2) is 11.6 Å². The van der Waals surface area contributed by atoms with Crippen LogP contribution in [0.25, 0.3) is 0 Å². The summed E-state index contributed by atoms with van der Waals surface area (Å²) in [6.07, 6.45) is 4.59. The van der Waals surface area contributed by atoms with Crippen LogP contribution < -0.4 is 0 Å². The van der Waals surface area contributed by atoms with Crippen molar-refractivity contribution in [2.45, 2.75) is 58.1 Å². The Hall–Kier alpha value is -1.56. The first-order valence-corrected chi connectivity index (χ1v) is 8.02. The third-order valence-corrected chi connectivity index (χ3v) is 3.63. The Morgan fingerprint density at radius 1 is 1.30 bits per heavy atom. The van der Waals surface area contributed by atoms with Crippen LogP contribution in [0.2, 0.25) is 0 Å². The highest BCUT2D eigenvalue weighted by Crippen LogP contribution is 2.23. The van der Waals surface area contributed by atoms with Crippen molar-refractivity contribution in [3.05, 3.63) is 11.6 Å². The lowest BCUT2D eigenvalue weighted by Crippen LogP contribution is -2.47. The van der Waals surface area contributed by atoms with Gasteiger partial charge in [-0.25, -0.2) is 9.59 Å². The lowest BCUT2D eigenvalue weighted by molar-refractivity contribution is -0.146. The van der Waals surface area contributed by atoms with Crippen LogP contribution in [0.5, 0.6) is 0 Å². The van der Waals surface area contributed by atoms with Crippen molar-refractivity contribution in [3.63, 3.8) is 0 Å². The summed E-state index contributed by atoms with van der Waals surface area (Å²) in [7, 11) is 3.02. The van der Waals surface area contributed by atoms with Gasteiger partial charge in [0.15, 0.2) is 0 Å². The number of ether oxygens (including phenoxy) is 3. The summed E-state index contributed by atoms with van der Waals surface area (Å²) >= 11 is 0. The summed E-state index contributed by atoms with van der Waals surface area (Å²) in [4.78, 5) is 25.9. The zero-order valence-electron chi connectivity index (χ0n) is 14.9. The zero-order valence-corrected chi connectivity index (χ0v) is 14.9. The number of esters is 1. The number of hydrogen-bond donors (Lipinski definition) is 0. The van der Waals surface area contributed by atoms with Crippen LogP contribution in [0, 0.1) is 0 Å². The molecule has 0 unspecified atom stereocenters. The second kappa shape index (κ2) is 8.91. The normalized spacial score (nSPS) is 18.9. The molecule has 1 aliphatic heterocycles. The maximum atomic E-state index is 12.4. The van der Waals surface area contributed by atoms with E-state index in [0.29, 0.717) is 19.6 Å². The summed E-state index contributed by atoms with van der Waals surface area (Å²) in [6.45, 7) is 6.58. The standard InChI is InChI=1S/C17H29NO5/c1-17(2,3)23-16(20)18-11-10-13(7-6-12-21-4)8-9-14(18)15(19)22-5/h8,14H,6-7,9-12H2,1-5H3/t14-/m0/s1. The fourth-order valence-electron chi connectivity index (χ4n) is 2.50. The molecule has 6 nitrogen and oxygen atoms in total. The van der Waals surface area contributed by atoms with Crippen molar-refractivity contribution in [2.24, 2.45) is 0 Å². The van der Waals surface area contributed by atoms with Gasteiger partial charge in [-0.1, -0.05) is 11.6 Å². The van der Waals surface area contributed by atoms with E-state index in [9.17, 15) is 9.59 Å². The Morgan fingerprint density at radius 3 is 2.57 bits per heavy atom. The van der Waals surface area contributed by atoms with Gasteiger partial charge in [0.05, 0.1) is 7.11 Å². The van der Waals surface area contributed by atoms with Crippen molar-refractivity contribution in [1.82, 2.24) is 4.90 Å². The predicted molar refractivity (Wildman–Crippen MR) is 87.2 cm³/mol. The molecule has 0 spiro atoms. The van der Waals surface area contributed by atoms with E-state index >= 15 is 0 Å². The van der Waals surface area contributed by atoms with Gasteiger partial charge >= 0.3 is 12.1 Å². The third-order valence-electron chi connectivity index (χ3n) is 3.63. The van der Waals surface area contributed by atoms with Gasteiger partial charge in [0.25, 0.3) is 0 Å². The minimum Gasteiger partial charge on any atom is -0.467 e. The number of rotatable bonds is 5. The predicted octanol–water partition coefficient (Wildman–Crippen LogP) is 2.91. The van der Waals surface area contributed by atoms with Crippen LogP contribution >= 0.6 is 0 Å². The van der Waals surface area contributed by atoms with Crippen molar-refractivity contribution in [2.75, 3.05) is 27.4 Å². The average molecular weight is 327 g/mol. The molecule has 0 aromatic carbocycles. The number of hydrogen-bond acceptors (Lipinski definition) is 5. The molecule has 0 aliphatic carbocycles. The van der Waals surface area contributed by atoms with Gasteiger partial charge in [-0.2, -0.15) is 0 Å². The Kier molecular flexibility index (Phi) is 7.55. The van der Waals surface area contributed by atoms with E-state index < -0.39 is 23.7 Å². The highest BCUT2D eigenvalue weighted by molar-refractivity contribution is 5.81. The van der Waals surface area contributed by atoms with Crippen molar-refractivity contribution in [1.29, 1.82) is 0 Å². The third kappa shape index (κ3) is 6.60. The van der Waals surface area contributed by atoms with E-state index in [-0.39, 0.29) is 0 Å². The Labute approximate surface area is 138 Å². The van der Waals surface area contributed by atoms with E-state index in [4.69, 9.17) is 14.2 Å². The molecule has 0 aromatic heterocycles. The molecular formula is C17H29NO5. The molecule has 23 heavy (non-hydrogen) atoms. The summed E-state index contributed by atoms with van der Waals surface area (Å²) in [6, 6.07) is -0.630. The Bertz CT molecular complexity index is 439. The lowest BCUT2D eigenvalue weighted by atomic mass is 10.1. The van der Waals surface area contributed by atoms with Crippen LogP contribution in [0.3, 0.4) is 0 Å². The molecule has 0 fully saturated rings. The van der Waals surface area contributed by atoms with E-state index in [1.807, 2.05) is 26.8 Å². The van der Waals surface area contributed by atoms with Crippen molar-refractivity contribution >= 4 is 12.1 Å². The molecule has 132 valence electrons. The number of amides is 1. The minimum atomic E-state index is -0.630. The van der Waals surface area contributed by atoms with Crippen molar-refractivity contribution in [3.8, 4) is 0 Å². The van der Waals surface area contributed by atoms with Crippen LogP contribution in [0.1, 0.15) is 46.5 Å². The number of nitrogens with zero attached hydrogens (tertiary/aromatic N) is 1. The molecule has 0 N–H and O–H groups in total. The first-order valence-electron chi connectivity index (χ1n) is 8.02. The molecule has 1 atom stereocenters. The van der Waals surface area contributed by atoms with Crippen LogP contribution in [0.4, 0.5) is 4.79 Å². The molecule has 6 heteroatoms.